The van der Waals surface area contributed by atoms with Gasteiger partial charge in [0.15, 0.2) is 0 Å². The largest absolute Gasteiger partial charge is 0.417 e. The number of rotatable bonds is 4. The standard InChI is InChI=1S/C25H23F4N3O2/c1-23-11-15-13-31-32(19-5-3-18(26)4-6-19)21(15)10-16(23)8-9-24(23,34)12-22(33)20-7-2-17(14-30-20)25(27,28)29/h2-7,10,13-14,22,33-34H,8-9,11-12H2,1H3/t22?,23-,24+/m0/s1. The highest BCUT2D eigenvalue weighted by atomic mass is 19.4. The molecule has 0 bridgehead atoms. The molecule has 2 aliphatic rings. The number of alkyl halides is 3. The van der Waals surface area contributed by atoms with Crippen LogP contribution in [-0.4, -0.2) is 30.6 Å². The Morgan fingerprint density at radius 1 is 1.12 bits per heavy atom. The first kappa shape index (κ1) is 22.7. The van der Waals surface area contributed by atoms with Gasteiger partial charge in [-0.05, 0) is 67.3 Å². The second kappa shape index (κ2) is 7.74. The third-order valence-electron chi connectivity index (χ3n) is 7.34. The number of benzene rings is 1. The Morgan fingerprint density at radius 2 is 1.85 bits per heavy atom. The highest BCUT2D eigenvalue weighted by Crippen LogP contribution is 2.57. The van der Waals surface area contributed by atoms with Crippen LogP contribution >= 0.6 is 0 Å². The van der Waals surface area contributed by atoms with Crippen LogP contribution in [0.2, 0.25) is 0 Å². The average Bonchev–Trinajstić information content (AvgIpc) is 3.30. The van der Waals surface area contributed by atoms with E-state index in [1.54, 1.807) is 23.0 Å². The number of aliphatic hydroxyl groups excluding tert-OH is 1. The van der Waals surface area contributed by atoms with Gasteiger partial charge in [0.25, 0.3) is 0 Å². The molecule has 0 spiro atoms. The fourth-order valence-corrected chi connectivity index (χ4v) is 5.24. The van der Waals surface area contributed by atoms with Gasteiger partial charge < -0.3 is 10.2 Å². The Bertz CT molecular complexity index is 1250. The van der Waals surface area contributed by atoms with E-state index in [1.807, 2.05) is 13.0 Å². The Kier molecular flexibility index (Phi) is 5.18. The van der Waals surface area contributed by atoms with Crippen molar-refractivity contribution in [3.8, 4) is 5.69 Å². The van der Waals surface area contributed by atoms with E-state index in [1.165, 1.54) is 12.1 Å². The van der Waals surface area contributed by atoms with Crippen LogP contribution in [-0.2, 0) is 12.6 Å². The first-order chi connectivity index (χ1) is 16.0. The van der Waals surface area contributed by atoms with Crippen LogP contribution in [0.1, 0.15) is 54.8 Å². The zero-order chi connectivity index (χ0) is 24.3. The molecule has 1 fully saturated rings. The van der Waals surface area contributed by atoms with Gasteiger partial charge in [-0.2, -0.15) is 18.3 Å². The Labute approximate surface area is 193 Å². The summed E-state index contributed by atoms with van der Waals surface area (Å²) < 4.78 is 53.5. The van der Waals surface area contributed by atoms with Crippen LogP contribution in [0.25, 0.3) is 11.8 Å². The minimum absolute atomic E-state index is 0.0549. The van der Waals surface area contributed by atoms with E-state index in [0.717, 1.165) is 34.7 Å². The molecule has 9 heteroatoms. The van der Waals surface area contributed by atoms with Crippen molar-refractivity contribution in [1.29, 1.82) is 0 Å². The number of fused-ring (bicyclic) bond motifs is 2. The molecule has 2 aliphatic carbocycles. The summed E-state index contributed by atoms with van der Waals surface area (Å²) in [7, 11) is 0. The predicted octanol–water partition coefficient (Wildman–Crippen LogP) is 5.02. The van der Waals surface area contributed by atoms with Gasteiger partial charge in [-0.1, -0.05) is 12.5 Å². The summed E-state index contributed by atoms with van der Waals surface area (Å²) in [5.74, 6) is -0.336. The summed E-state index contributed by atoms with van der Waals surface area (Å²) in [5.41, 5.74) is 0.758. The molecule has 0 amide bonds. The molecule has 1 saturated carbocycles. The molecular formula is C25H23F4N3O2. The monoisotopic (exact) mass is 473 g/mol. The molecule has 178 valence electrons. The van der Waals surface area contributed by atoms with Crippen LogP contribution < -0.4 is 0 Å². The van der Waals surface area contributed by atoms with Gasteiger partial charge in [0.05, 0.1) is 40.5 Å². The molecule has 3 atom stereocenters. The van der Waals surface area contributed by atoms with Gasteiger partial charge in [-0.15, -0.1) is 0 Å². The highest BCUT2D eigenvalue weighted by Gasteiger charge is 2.56. The number of aromatic nitrogens is 3. The third kappa shape index (κ3) is 3.63. The van der Waals surface area contributed by atoms with Crippen LogP contribution in [0.5, 0.6) is 0 Å². The Morgan fingerprint density at radius 3 is 2.50 bits per heavy atom. The van der Waals surface area contributed by atoms with E-state index >= 15 is 0 Å². The lowest BCUT2D eigenvalue weighted by Gasteiger charge is -2.43. The summed E-state index contributed by atoms with van der Waals surface area (Å²) in [6, 6.07) is 8.06. The summed E-state index contributed by atoms with van der Waals surface area (Å²) >= 11 is 0. The molecule has 2 N–H and O–H groups in total. The molecule has 5 rings (SSSR count). The molecule has 0 aliphatic heterocycles. The van der Waals surface area contributed by atoms with Crippen LogP contribution in [0, 0.1) is 11.2 Å². The number of nitrogens with zero attached hydrogens (tertiary/aromatic N) is 3. The van der Waals surface area contributed by atoms with Crippen molar-refractivity contribution in [2.45, 2.75) is 50.5 Å². The van der Waals surface area contributed by atoms with Gasteiger partial charge in [-0.3, -0.25) is 4.98 Å². The van der Waals surface area contributed by atoms with Crippen molar-refractivity contribution in [2.24, 2.45) is 5.41 Å². The van der Waals surface area contributed by atoms with E-state index in [9.17, 15) is 27.8 Å². The topological polar surface area (TPSA) is 71.2 Å². The fourth-order valence-electron chi connectivity index (χ4n) is 5.24. The normalized spacial score (nSPS) is 25.0. The maximum absolute atomic E-state index is 13.3. The molecule has 3 aromatic rings. The number of hydrogen-bond acceptors (Lipinski definition) is 4. The molecular weight excluding hydrogens is 450 g/mol. The molecule has 2 heterocycles. The van der Waals surface area contributed by atoms with Gasteiger partial charge >= 0.3 is 6.18 Å². The molecule has 0 radical (unpaired) electrons. The minimum Gasteiger partial charge on any atom is -0.389 e. The van der Waals surface area contributed by atoms with E-state index in [2.05, 4.69) is 10.1 Å². The average molecular weight is 473 g/mol. The van der Waals surface area contributed by atoms with Gasteiger partial charge in [-0.25, -0.2) is 9.07 Å². The lowest BCUT2D eigenvalue weighted by atomic mass is 9.65. The maximum atomic E-state index is 13.3. The molecule has 1 unspecified atom stereocenters. The van der Waals surface area contributed by atoms with E-state index in [-0.39, 0.29) is 17.9 Å². The van der Waals surface area contributed by atoms with Crippen LogP contribution in [0.4, 0.5) is 17.6 Å². The van der Waals surface area contributed by atoms with Crippen molar-refractivity contribution in [3.63, 3.8) is 0 Å². The van der Waals surface area contributed by atoms with Crippen molar-refractivity contribution in [3.05, 3.63) is 82.7 Å². The van der Waals surface area contributed by atoms with Crippen molar-refractivity contribution < 1.29 is 27.8 Å². The first-order valence-electron chi connectivity index (χ1n) is 11.0. The quantitative estimate of drug-likeness (QED) is 0.522. The molecule has 1 aromatic carbocycles. The summed E-state index contributed by atoms with van der Waals surface area (Å²) in [6.07, 6.45) is 0.133. The zero-order valence-electron chi connectivity index (χ0n) is 18.3. The molecule has 5 nitrogen and oxygen atoms in total. The molecule has 2 aromatic heterocycles. The van der Waals surface area contributed by atoms with Crippen molar-refractivity contribution in [2.75, 3.05) is 0 Å². The number of aliphatic hydroxyl groups is 2. The number of hydrogen-bond donors (Lipinski definition) is 2. The Balaban J connectivity index is 1.41. The highest BCUT2D eigenvalue weighted by molar-refractivity contribution is 5.62. The minimum atomic E-state index is -4.51. The maximum Gasteiger partial charge on any atom is 0.417 e. The Hall–Kier alpha value is -3.04. The SMILES string of the molecule is C[C@]12Cc3cnn(-c4ccc(F)cc4)c3C=C1CC[C@@]2(O)CC(O)c1ccc(C(F)(F)F)cn1. The van der Waals surface area contributed by atoms with E-state index in [4.69, 9.17) is 0 Å². The van der Waals surface area contributed by atoms with Gasteiger partial charge in [0, 0.05) is 18.0 Å². The van der Waals surface area contributed by atoms with E-state index < -0.39 is 28.9 Å². The van der Waals surface area contributed by atoms with Crippen molar-refractivity contribution in [1.82, 2.24) is 14.8 Å². The smallest absolute Gasteiger partial charge is 0.389 e. The van der Waals surface area contributed by atoms with Crippen molar-refractivity contribution >= 4 is 6.08 Å². The lowest BCUT2D eigenvalue weighted by Crippen LogP contribution is -2.46. The first-order valence-corrected chi connectivity index (χ1v) is 11.0. The second-order valence-corrected chi connectivity index (χ2v) is 9.34. The summed E-state index contributed by atoms with van der Waals surface area (Å²) in [4.78, 5) is 3.79. The van der Waals surface area contributed by atoms with Gasteiger partial charge in [0.1, 0.15) is 5.82 Å². The fraction of sp³-hybridized carbons (Fsp3) is 0.360. The second-order valence-electron chi connectivity index (χ2n) is 9.34. The molecule has 0 saturated heterocycles. The third-order valence-corrected chi connectivity index (χ3v) is 7.34. The predicted molar refractivity (Wildman–Crippen MR) is 116 cm³/mol. The molecule has 34 heavy (non-hydrogen) atoms. The number of halogens is 4. The van der Waals surface area contributed by atoms with Gasteiger partial charge in [0.2, 0.25) is 0 Å². The van der Waals surface area contributed by atoms with Crippen LogP contribution in [0.3, 0.4) is 0 Å². The number of pyridine rings is 1. The lowest BCUT2D eigenvalue weighted by molar-refractivity contribution is -0.137. The van der Waals surface area contributed by atoms with Crippen LogP contribution in [0.15, 0.2) is 54.4 Å². The summed E-state index contributed by atoms with van der Waals surface area (Å²) in [6.45, 7) is 1.94. The zero-order valence-corrected chi connectivity index (χ0v) is 18.3. The summed E-state index contributed by atoms with van der Waals surface area (Å²) in [5, 5.41) is 26.9. The van der Waals surface area contributed by atoms with E-state index in [0.29, 0.717) is 25.5 Å².